The van der Waals surface area contributed by atoms with Gasteiger partial charge in [0.15, 0.2) is 5.78 Å². The van der Waals surface area contributed by atoms with Crippen LogP contribution in [-0.2, 0) is 25.5 Å². The Hall–Kier alpha value is -2.25. The van der Waals surface area contributed by atoms with Crippen LogP contribution in [0.5, 0.6) is 0 Å². The SMILES string of the molecule is COC(=O)C(C(=O)CCCc1ccccc1)N(O)NC=O. The van der Waals surface area contributed by atoms with E-state index in [4.69, 9.17) is 0 Å². The van der Waals surface area contributed by atoms with Crippen molar-refractivity contribution in [2.24, 2.45) is 0 Å². The number of nitrogens with one attached hydrogen (secondary N) is 1. The number of hydrogen-bond acceptors (Lipinski definition) is 6. The van der Waals surface area contributed by atoms with Gasteiger partial charge in [-0.2, -0.15) is 0 Å². The van der Waals surface area contributed by atoms with Gasteiger partial charge in [-0.3, -0.25) is 20.2 Å². The molecule has 0 spiro atoms. The number of carbonyl (C=O) groups is 3. The Bertz CT molecular complexity index is 478. The number of ketones is 1. The molecule has 0 aromatic heterocycles. The first-order valence-corrected chi connectivity index (χ1v) is 6.42. The van der Waals surface area contributed by atoms with Crippen LogP contribution in [0.15, 0.2) is 30.3 Å². The number of rotatable bonds is 9. The molecule has 0 aliphatic carbocycles. The van der Waals surface area contributed by atoms with Gasteiger partial charge in [0.05, 0.1) is 7.11 Å². The predicted octanol–water partition coefficient (Wildman–Crippen LogP) is 0.472. The molecule has 21 heavy (non-hydrogen) atoms. The quantitative estimate of drug-likeness (QED) is 0.297. The molecule has 0 radical (unpaired) electrons. The summed E-state index contributed by atoms with van der Waals surface area (Å²) in [7, 11) is 1.10. The summed E-state index contributed by atoms with van der Waals surface area (Å²) in [6.07, 6.45) is 1.43. The van der Waals surface area contributed by atoms with Gasteiger partial charge in [-0.1, -0.05) is 35.5 Å². The van der Waals surface area contributed by atoms with Crippen molar-refractivity contribution in [2.75, 3.05) is 7.11 Å². The van der Waals surface area contributed by atoms with E-state index in [2.05, 4.69) is 4.74 Å². The lowest BCUT2D eigenvalue weighted by atomic mass is 10.0. The van der Waals surface area contributed by atoms with Gasteiger partial charge in [0.25, 0.3) is 0 Å². The van der Waals surface area contributed by atoms with Crippen LogP contribution in [-0.4, -0.2) is 41.7 Å². The summed E-state index contributed by atoms with van der Waals surface area (Å²) in [6, 6.07) is 8.02. The van der Waals surface area contributed by atoms with Gasteiger partial charge >= 0.3 is 5.97 Å². The van der Waals surface area contributed by atoms with E-state index in [1.54, 1.807) is 0 Å². The van der Waals surface area contributed by atoms with E-state index in [1.165, 1.54) is 0 Å². The normalized spacial score (nSPS) is 11.8. The Morgan fingerprint density at radius 2 is 2.05 bits per heavy atom. The molecule has 0 fully saturated rings. The highest BCUT2D eigenvalue weighted by Crippen LogP contribution is 2.08. The van der Waals surface area contributed by atoms with Gasteiger partial charge in [-0.05, 0) is 18.4 Å². The minimum absolute atomic E-state index is 0.0757. The molecular weight excluding hydrogens is 276 g/mol. The minimum atomic E-state index is -1.56. The fraction of sp³-hybridized carbons (Fsp3) is 0.357. The maximum Gasteiger partial charge on any atom is 0.335 e. The van der Waals surface area contributed by atoms with Crippen molar-refractivity contribution in [1.82, 2.24) is 10.6 Å². The van der Waals surface area contributed by atoms with Crippen molar-refractivity contribution in [3.63, 3.8) is 0 Å². The van der Waals surface area contributed by atoms with Crippen LogP contribution in [0.25, 0.3) is 0 Å². The highest BCUT2D eigenvalue weighted by molar-refractivity contribution is 6.02. The van der Waals surface area contributed by atoms with Gasteiger partial charge in [-0.15, -0.1) is 0 Å². The first kappa shape index (κ1) is 16.8. The first-order valence-electron chi connectivity index (χ1n) is 6.42. The average Bonchev–Trinajstić information content (AvgIpc) is 2.48. The van der Waals surface area contributed by atoms with E-state index in [9.17, 15) is 19.6 Å². The number of carbonyl (C=O) groups excluding carboxylic acids is 3. The van der Waals surface area contributed by atoms with Crippen LogP contribution in [0.2, 0.25) is 0 Å². The molecule has 1 aromatic carbocycles. The zero-order chi connectivity index (χ0) is 15.7. The average molecular weight is 294 g/mol. The van der Waals surface area contributed by atoms with Crippen molar-refractivity contribution in [2.45, 2.75) is 25.3 Å². The van der Waals surface area contributed by atoms with E-state index in [0.29, 0.717) is 12.8 Å². The summed E-state index contributed by atoms with van der Waals surface area (Å²) < 4.78 is 4.45. The van der Waals surface area contributed by atoms with Crippen molar-refractivity contribution in [3.05, 3.63) is 35.9 Å². The van der Waals surface area contributed by atoms with Crippen LogP contribution in [0.4, 0.5) is 0 Å². The van der Waals surface area contributed by atoms with Gasteiger partial charge in [0.2, 0.25) is 12.5 Å². The molecule has 1 unspecified atom stereocenters. The molecule has 114 valence electrons. The van der Waals surface area contributed by atoms with Crippen molar-refractivity contribution < 1.29 is 24.3 Å². The number of hydrogen-bond donors (Lipinski definition) is 2. The van der Waals surface area contributed by atoms with Crippen LogP contribution < -0.4 is 5.43 Å². The van der Waals surface area contributed by atoms with Gasteiger partial charge < -0.3 is 4.74 Å². The Labute approximate surface area is 122 Å². The van der Waals surface area contributed by atoms with Crippen LogP contribution >= 0.6 is 0 Å². The van der Waals surface area contributed by atoms with Crippen molar-refractivity contribution in [3.8, 4) is 0 Å². The predicted molar refractivity (Wildman–Crippen MR) is 73.0 cm³/mol. The van der Waals surface area contributed by atoms with Gasteiger partial charge in [0.1, 0.15) is 0 Å². The number of methoxy groups -OCH3 is 1. The Morgan fingerprint density at radius 3 is 2.62 bits per heavy atom. The van der Waals surface area contributed by atoms with E-state index in [1.807, 2.05) is 35.8 Å². The zero-order valence-electron chi connectivity index (χ0n) is 11.7. The summed E-state index contributed by atoms with van der Waals surface area (Å²) in [5, 5.41) is 9.62. The standard InChI is InChI=1S/C14H18N2O5/c1-21-14(19)13(16(20)15-10-17)12(18)9-5-8-11-6-3-2-4-7-11/h2-4,6-7,10,13,20H,5,8-9H2,1H3,(H,15,17). The highest BCUT2D eigenvalue weighted by atomic mass is 16.6. The number of aryl methyl sites for hydroxylation is 1. The molecular formula is C14H18N2O5. The number of amides is 1. The monoisotopic (exact) mass is 294 g/mol. The van der Waals surface area contributed by atoms with Crippen LogP contribution in [0, 0.1) is 0 Å². The Morgan fingerprint density at radius 1 is 1.38 bits per heavy atom. The molecule has 1 rings (SSSR count). The lowest BCUT2D eigenvalue weighted by molar-refractivity contribution is -0.192. The lowest BCUT2D eigenvalue weighted by Gasteiger charge is -2.21. The summed E-state index contributed by atoms with van der Waals surface area (Å²) >= 11 is 0. The number of benzene rings is 1. The van der Waals surface area contributed by atoms with E-state index >= 15 is 0 Å². The smallest absolute Gasteiger partial charge is 0.335 e. The molecule has 0 bridgehead atoms. The van der Waals surface area contributed by atoms with Crippen LogP contribution in [0.1, 0.15) is 18.4 Å². The van der Waals surface area contributed by atoms with E-state index in [0.717, 1.165) is 12.7 Å². The van der Waals surface area contributed by atoms with E-state index in [-0.39, 0.29) is 18.0 Å². The number of esters is 1. The van der Waals surface area contributed by atoms with E-state index < -0.39 is 17.8 Å². The van der Waals surface area contributed by atoms with Crippen LogP contribution in [0.3, 0.4) is 0 Å². The molecule has 7 nitrogen and oxygen atoms in total. The summed E-state index contributed by atoms with van der Waals surface area (Å²) in [4.78, 5) is 33.8. The fourth-order valence-electron chi connectivity index (χ4n) is 1.86. The van der Waals surface area contributed by atoms with Crippen molar-refractivity contribution >= 4 is 18.2 Å². The molecule has 0 saturated heterocycles. The molecule has 0 heterocycles. The summed E-state index contributed by atoms with van der Waals surface area (Å²) in [5.41, 5.74) is 2.91. The molecule has 7 heteroatoms. The number of hydroxylamine groups is 1. The lowest BCUT2D eigenvalue weighted by Crippen LogP contribution is -2.51. The van der Waals surface area contributed by atoms with Gasteiger partial charge in [0, 0.05) is 6.42 Å². The molecule has 1 aromatic rings. The highest BCUT2D eigenvalue weighted by Gasteiger charge is 2.33. The maximum atomic E-state index is 12.0. The third kappa shape index (κ3) is 5.33. The maximum absolute atomic E-state index is 12.0. The molecule has 1 atom stereocenters. The second-order valence-electron chi connectivity index (χ2n) is 4.32. The van der Waals surface area contributed by atoms with Crippen molar-refractivity contribution in [1.29, 1.82) is 0 Å². The largest absolute Gasteiger partial charge is 0.467 e. The number of nitrogens with zero attached hydrogens (tertiary/aromatic N) is 1. The number of hydrazine groups is 1. The summed E-state index contributed by atoms with van der Waals surface area (Å²) in [6.45, 7) is 0. The molecule has 0 aliphatic heterocycles. The van der Waals surface area contributed by atoms with Gasteiger partial charge in [-0.25, -0.2) is 4.79 Å². The first-order chi connectivity index (χ1) is 10.1. The molecule has 0 saturated carbocycles. The fourth-order valence-corrected chi connectivity index (χ4v) is 1.86. The Kier molecular flexibility index (Phi) is 7.06. The minimum Gasteiger partial charge on any atom is -0.467 e. The number of Topliss-reactive ketones (excluding diaryl/α,β-unsaturated/α-hetero) is 1. The third-order valence-corrected chi connectivity index (χ3v) is 2.89. The second kappa shape index (κ2) is 8.83. The zero-order valence-corrected chi connectivity index (χ0v) is 11.7. The second-order valence-corrected chi connectivity index (χ2v) is 4.32. The third-order valence-electron chi connectivity index (χ3n) is 2.89. The topological polar surface area (TPSA) is 95.9 Å². The molecule has 1 amide bonds. The summed E-state index contributed by atoms with van der Waals surface area (Å²) in [5.74, 6) is -1.47. The molecule has 0 aliphatic rings. The number of ether oxygens (including phenoxy) is 1. The Balaban J connectivity index is 2.56. The molecule has 2 N–H and O–H groups in total.